The maximum absolute atomic E-state index is 3.79. The summed E-state index contributed by atoms with van der Waals surface area (Å²) in [6.07, 6.45) is 3.53. The first kappa shape index (κ1) is 21.2. The summed E-state index contributed by atoms with van der Waals surface area (Å²) < 4.78 is 2.38. The zero-order chi connectivity index (χ0) is 25.7. The molecule has 0 saturated carbocycles. The molecule has 0 saturated heterocycles. The zero-order valence-corrected chi connectivity index (χ0v) is 21.7. The van der Waals surface area contributed by atoms with Gasteiger partial charge in [-0.1, -0.05) is 85.8 Å². The Kier molecular flexibility index (Phi) is 4.13. The fourth-order valence-electron chi connectivity index (χ4n) is 7.15. The third kappa shape index (κ3) is 2.86. The Balaban J connectivity index is 1.18. The quantitative estimate of drug-likeness (QED) is 0.250. The molecular formula is C37H26N2. The molecule has 2 aromatic heterocycles. The van der Waals surface area contributed by atoms with Crippen LogP contribution in [-0.4, -0.2) is 9.55 Å². The Morgan fingerprint density at radius 2 is 1.41 bits per heavy atom. The molecule has 0 spiro atoms. The highest BCUT2D eigenvalue weighted by Crippen LogP contribution is 2.42. The van der Waals surface area contributed by atoms with E-state index in [1.807, 2.05) is 0 Å². The number of aromatic amines is 1. The SMILES string of the molecule is CC1C=c2cccc3c2=C(C1)c1[nH]c2ccc(-c4ccc(-n5c6ccccc6c6ccccc65)cc4)cc2c1-3. The van der Waals surface area contributed by atoms with Crippen molar-refractivity contribution in [2.24, 2.45) is 5.92 Å². The molecule has 0 bridgehead atoms. The molecule has 2 heterocycles. The molecule has 2 nitrogen and oxygen atoms in total. The lowest BCUT2D eigenvalue weighted by Crippen LogP contribution is -2.31. The van der Waals surface area contributed by atoms with Crippen molar-refractivity contribution in [2.45, 2.75) is 13.3 Å². The van der Waals surface area contributed by atoms with Crippen LogP contribution in [0.15, 0.2) is 109 Å². The maximum atomic E-state index is 3.79. The molecule has 2 aliphatic rings. The number of rotatable bonds is 2. The van der Waals surface area contributed by atoms with Crippen LogP contribution in [0.2, 0.25) is 0 Å². The Morgan fingerprint density at radius 1 is 0.692 bits per heavy atom. The molecule has 9 rings (SSSR count). The lowest BCUT2D eigenvalue weighted by atomic mass is 9.93. The Hall–Kier alpha value is -4.82. The zero-order valence-electron chi connectivity index (χ0n) is 21.7. The molecule has 2 heteroatoms. The largest absolute Gasteiger partial charge is 0.354 e. The van der Waals surface area contributed by atoms with Gasteiger partial charge in [0.2, 0.25) is 0 Å². The highest BCUT2D eigenvalue weighted by Gasteiger charge is 2.27. The maximum Gasteiger partial charge on any atom is 0.0541 e. The van der Waals surface area contributed by atoms with E-state index < -0.39 is 0 Å². The number of nitrogens with one attached hydrogen (secondary N) is 1. The number of hydrogen-bond acceptors (Lipinski definition) is 0. The highest BCUT2D eigenvalue weighted by molar-refractivity contribution is 6.09. The number of aromatic nitrogens is 2. The van der Waals surface area contributed by atoms with E-state index in [-0.39, 0.29) is 0 Å². The van der Waals surface area contributed by atoms with Crippen LogP contribution >= 0.6 is 0 Å². The van der Waals surface area contributed by atoms with Gasteiger partial charge in [-0.05, 0) is 81.4 Å². The Morgan fingerprint density at radius 3 is 2.18 bits per heavy atom. The van der Waals surface area contributed by atoms with Crippen molar-refractivity contribution in [3.05, 3.63) is 125 Å². The highest BCUT2D eigenvalue weighted by atomic mass is 15.0. The second kappa shape index (κ2) is 7.61. The van der Waals surface area contributed by atoms with Gasteiger partial charge in [0.1, 0.15) is 0 Å². The summed E-state index contributed by atoms with van der Waals surface area (Å²) in [5.41, 5.74) is 12.9. The molecule has 39 heavy (non-hydrogen) atoms. The molecule has 1 N–H and O–H groups in total. The number of hydrogen-bond donors (Lipinski definition) is 1. The van der Waals surface area contributed by atoms with Crippen LogP contribution in [0, 0.1) is 5.92 Å². The molecule has 0 aliphatic heterocycles. The third-order valence-corrected chi connectivity index (χ3v) is 8.80. The first-order chi connectivity index (χ1) is 19.2. The van der Waals surface area contributed by atoms with Crippen LogP contribution in [0.4, 0.5) is 0 Å². The molecule has 1 atom stereocenters. The summed E-state index contributed by atoms with van der Waals surface area (Å²) in [5.74, 6) is 0.559. The van der Waals surface area contributed by atoms with Crippen LogP contribution in [0.25, 0.3) is 72.3 Å². The van der Waals surface area contributed by atoms with Gasteiger partial charge in [-0.3, -0.25) is 0 Å². The van der Waals surface area contributed by atoms with E-state index in [2.05, 4.69) is 132 Å². The first-order valence-corrected chi connectivity index (χ1v) is 13.8. The van der Waals surface area contributed by atoms with Gasteiger partial charge in [-0.25, -0.2) is 0 Å². The second-order valence-corrected chi connectivity index (χ2v) is 11.1. The number of H-pyrrole nitrogens is 1. The number of para-hydroxylation sites is 2. The van der Waals surface area contributed by atoms with Crippen LogP contribution < -0.4 is 10.4 Å². The minimum atomic E-state index is 0.559. The van der Waals surface area contributed by atoms with Crippen LogP contribution in [0.1, 0.15) is 19.0 Å². The Labute approximate surface area is 226 Å². The smallest absolute Gasteiger partial charge is 0.0541 e. The van der Waals surface area contributed by atoms with Crippen molar-refractivity contribution >= 4 is 44.4 Å². The van der Waals surface area contributed by atoms with Gasteiger partial charge in [-0.15, -0.1) is 0 Å². The topological polar surface area (TPSA) is 20.7 Å². The monoisotopic (exact) mass is 498 g/mol. The number of fused-ring (bicyclic) bond motifs is 8. The second-order valence-electron chi connectivity index (χ2n) is 11.1. The van der Waals surface area contributed by atoms with E-state index in [1.54, 1.807) is 0 Å². The van der Waals surface area contributed by atoms with E-state index in [9.17, 15) is 0 Å². The van der Waals surface area contributed by atoms with E-state index in [0.717, 1.165) is 6.42 Å². The predicted octanol–water partition coefficient (Wildman–Crippen LogP) is 7.93. The fraction of sp³-hybridized carbons (Fsp3) is 0.0811. The summed E-state index contributed by atoms with van der Waals surface area (Å²) in [5, 5.41) is 6.73. The van der Waals surface area contributed by atoms with Gasteiger partial charge >= 0.3 is 0 Å². The summed E-state index contributed by atoms with van der Waals surface area (Å²) in [4.78, 5) is 3.79. The van der Waals surface area contributed by atoms with Gasteiger partial charge in [0.05, 0.1) is 16.7 Å². The minimum Gasteiger partial charge on any atom is -0.354 e. The average molecular weight is 499 g/mol. The van der Waals surface area contributed by atoms with Crippen LogP contribution in [0.3, 0.4) is 0 Å². The lowest BCUT2D eigenvalue weighted by molar-refractivity contribution is 0.786. The van der Waals surface area contributed by atoms with Gasteiger partial charge < -0.3 is 9.55 Å². The minimum absolute atomic E-state index is 0.559. The van der Waals surface area contributed by atoms with Crippen molar-refractivity contribution in [3.63, 3.8) is 0 Å². The van der Waals surface area contributed by atoms with Gasteiger partial charge in [0.15, 0.2) is 0 Å². The van der Waals surface area contributed by atoms with Gasteiger partial charge in [0.25, 0.3) is 0 Å². The van der Waals surface area contributed by atoms with Crippen molar-refractivity contribution in [3.8, 4) is 27.9 Å². The first-order valence-electron chi connectivity index (χ1n) is 13.8. The normalized spacial score (nSPS) is 15.6. The standard InChI is InChI=1S/C37H26N2/c1-22-19-25-7-6-10-29-35(25)31(20-22)37-36(29)30-21-24(15-18-32(30)38-37)23-13-16-26(17-14-23)39-33-11-4-2-8-27(33)28-9-3-5-12-34(28)39/h2-19,21-22,38H,20H2,1H3. The summed E-state index contributed by atoms with van der Waals surface area (Å²) in [6, 6.07) is 40.1. The molecule has 7 aromatic rings. The molecular weight excluding hydrogens is 472 g/mol. The van der Waals surface area contributed by atoms with Crippen molar-refractivity contribution in [1.29, 1.82) is 0 Å². The number of nitrogens with zero attached hydrogens (tertiary/aromatic N) is 1. The average Bonchev–Trinajstić information content (AvgIpc) is 3.61. The van der Waals surface area contributed by atoms with Crippen LogP contribution in [-0.2, 0) is 0 Å². The Bertz CT molecular complexity index is 2200. The van der Waals surface area contributed by atoms with Gasteiger partial charge in [0, 0.05) is 32.9 Å². The molecule has 0 fully saturated rings. The molecule has 0 amide bonds. The molecule has 2 aliphatic carbocycles. The van der Waals surface area contributed by atoms with E-state index in [1.165, 1.54) is 82.4 Å². The lowest BCUT2D eigenvalue weighted by Gasteiger charge is -2.13. The molecule has 0 radical (unpaired) electrons. The van der Waals surface area contributed by atoms with Crippen molar-refractivity contribution in [2.75, 3.05) is 0 Å². The molecule has 1 unspecified atom stereocenters. The molecule has 5 aromatic carbocycles. The number of benzene rings is 5. The molecule has 184 valence electrons. The predicted molar refractivity (Wildman–Crippen MR) is 164 cm³/mol. The van der Waals surface area contributed by atoms with Crippen LogP contribution in [0.5, 0.6) is 0 Å². The fourth-order valence-corrected chi connectivity index (χ4v) is 7.15. The van der Waals surface area contributed by atoms with Gasteiger partial charge in [-0.2, -0.15) is 0 Å². The van der Waals surface area contributed by atoms with E-state index in [0.29, 0.717) is 5.92 Å². The third-order valence-electron chi connectivity index (χ3n) is 8.80. The van der Waals surface area contributed by atoms with E-state index in [4.69, 9.17) is 0 Å². The van der Waals surface area contributed by atoms with Crippen molar-refractivity contribution in [1.82, 2.24) is 9.55 Å². The summed E-state index contributed by atoms with van der Waals surface area (Å²) in [7, 11) is 0. The van der Waals surface area contributed by atoms with Crippen molar-refractivity contribution < 1.29 is 0 Å². The van der Waals surface area contributed by atoms with E-state index >= 15 is 0 Å². The summed E-state index contributed by atoms with van der Waals surface area (Å²) in [6.45, 7) is 2.32. The summed E-state index contributed by atoms with van der Waals surface area (Å²) >= 11 is 0.